The van der Waals surface area contributed by atoms with Crippen molar-refractivity contribution in [3.63, 3.8) is 0 Å². The lowest BCUT2D eigenvalue weighted by atomic mass is 10.1. The van der Waals surface area contributed by atoms with Gasteiger partial charge in [-0.25, -0.2) is 17.6 Å². The van der Waals surface area contributed by atoms with E-state index in [0.29, 0.717) is 12.1 Å². The topological polar surface area (TPSA) is 35.8 Å². The van der Waals surface area contributed by atoms with Crippen LogP contribution in [0.3, 0.4) is 0 Å². The maximum atomic E-state index is 13.4. The van der Waals surface area contributed by atoms with Crippen LogP contribution in [0.25, 0.3) is 0 Å². The Bertz CT molecular complexity index is 669. The summed E-state index contributed by atoms with van der Waals surface area (Å²) >= 11 is 0. The molecular formula is C14H8F4N2. The van der Waals surface area contributed by atoms with Crippen LogP contribution >= 0.6 is 0 Å². The third-order valence-corrected chi connectivity index (χ3v) is 2.65. The monoisotopic (exact) mass is 280 g/mol. The predicted octanol–water partition coefficient (Wildman–Crippen LogP) is 3.73. The minimum atomic E-state index is -1.10. The highest BCUT2D eigenvalue weighted by Crippen LogP contribution is 2.21. The van der Waals surface area contributed by atoms with Gasteiger partial charge in [-0.15, -0.1) is 0 Å². The number of benzene rings is 2. The van der Waals surface area contributed by atoms with Gasteiger partial charge < -0.3 is 5.32 Å². The Kier molecular flexibility index (Phi) is 3.89. The number of halogens is 4. The van der Waals surface area contributed by atoms with Crippen LogP contribution in [0.2, 0.25) is 0 Å². The van der Waals surface area contributed by atoms with Gasteiger partial charge in [0.05, 0.1) is 11.6 Å². The largest absolute Gasteiger partial charge is 0.376 e. The molecule has 0 heterocycles. The summed E-state index contributed by atoms with van der Waals surface area (Å²) in [4.78, 5) is 0. The zero-order valence-corrected chi connectivity index (χ0v) is 10.1. The summed E-state index contributed by atoms with van der Waals surface area (Å²) in [6, 6.07) is 6.37. The van der Waals surface area contributed by atoms with Crippen LogP contribution in [0, 0.1) is 34.6 Å². The Labute approximate surface area is 112 Å². The summed E-state index contributed by atoms with van der Waals surface area (Å²) in [7, 11) is 0. The number of nitrogens with zero attached hydrogens (tertiary/aromatic N) is 1. The number of hydrogen-bond acceptors (Lipinski definition) is 2. The fourth-order valence-corrected chi connectivity index (χ4v) is 1.71. The minimum absolute atomic E-state index is 0.167. The number of hydrogen-bond donors (Lipinski definition) is 1. The Morgan fingerprint density at radius 3 is 2.20 bits per heavy atom. The lowest BCUT2D eigenvalue weighted by Gasteiger charge is -2.10. The molecule has 0 aliphatic rings. The molecule has 0 saturated carbocycles. The van der Waals surface area contributed by atoms with Crippen LogP contribution in [0.4, 0.5) is 23.2 Å². The average Bonchev–Trinajstić information content (AvgIpc) is 2.37. The first-order valence-electron chi connectivity index (χ1n) is 5.58. The minimum Gasteiger partial charge on any atom is -0.376 e. The average molecular weight is 280 g/mol. The molecule has 0 atom stereocenters. The Hall–Kier alpha value is -2.55. The second-order valence-electron chi connectivity index (χ2n) is 4.01. The number of nitriles is 1. The van der Waals surface area contributed by atoms with Crippen LogP contribution in [0.1, 0.15) is 11.1 Å². The standard InChI is InChI=1S/C14H8F4N2/c15-10-2-1-8(6-19)9(3-10)7-20-14-12(17)4-11(16)5-13(14)18/h1-5,20H,7H2. The van der Waals surface area contributed by atoms with Gasteiger partial charge in [0.15, 0.2) is 11.6 Å². The summed E-state index contributed by atoms with van der Waals surface area (Å²) in [6.07, 6.45) is 0. The summed E-state index contributed by atoms with van der Waals surface area (Å²) in [5.74, 6) is -3.80. The zero-order chi connectivity index (χ0) is 14.7. The molecule has 2 aromatic rings. The SMILES string of the molecule is N#Cc1ccc(F)cc1CNc1c(F)cc(F)cc1F. The number of rotatable bonds is 3. The van der Waals surface area contributed by atoms with Crippen molar-refractivity contribution in [3.05, 3.63) is 64.7 Å². The summed E-state index contributed by atoms with van der Waals surface area (Å²) < 4.78 is 52.6. The maximum absolute atomic E-state index is 13.4. The van der Waals surface area contributed by atoms with Crippen molar-refractivity contribution in [3.8, 4) is 6.07 Å². The van der Waals surface area contributed by atoms with Crippen molar-refractivity contribution in [2.24, 2.45) is 0 Å². The third kappa shape index (κ3) is 2.88. The number of anilines is 1. The Morgan fingerprint density at radius 2 is 1.60 bits per heavy atom. The van der Waals surface area contributed by atoms with E-state index in [1.165, 1.54) is 6.07 Å². The molecule has 0 fully saturated rings. The van der Waals surface area contributed by atoms with Gasteiger partial charge in [-0.05, 0) is 23.8 Å². The van der Waals surface area contributed by atoms with Crippen molar-refractivity contribution < 1.29 is 17.6 Å². The van der Waals surface area contributed by atoms with Crippen molar-refractivity contribution in [1.29, 1.82) is 5.26 Å². The van der Waals surface area contributed by atoms with Crippen LogP contribution in [-0.2, 0) is 6.54 Å². The molecule has 0 aliphatic carbocycles. The molecule has 0 radical (unpaired) electrons. The van der Waals surface area contributed by atoms with Crippen molar-refractivity contribution >= 4 is 5.69 Å². The molecule has 20 heavy (non-hydrogen) atoms. The van der Waals surface area contributed by atoms with Crippen LogP contribution in [-0.4, -0.2) is 0 Å². The highest BCUT2D eigenvalue weighted by molar-refractivity contribution is 5.48. The molecule has 0 aromatic heterocycles. The van der Waals surface area contributed by atoms with Gasteiger partial charge in [-0.1, -0.05) is 0 Å². The van der Waals surface area contributed by atoms with E-state index in [4.69, 9.17) is 5.26 Å². The molecule has 0 amide bonds. The first kappa shape index (κ1) is 13.9. The van der Waals surface area contributed by atoms with E-state index >= 15 is 0 Å². The van der Waals surface area contributed by atoms with E-state index in [9.17, 15) is 17.6 Å². The van der Waals surface area contributed by atoms with Crippen LogP contribution in [0.5, 0.6) is 0 Å². The molecular weight excluding hydrogens is 272 g/mol. The smallest absolute Gasteiger partial charge is 0.152 e. The van der Waals surface area contributed by atoms with Gasteiger partial charge >= 0.3 is 0 Å². The van der Waals surface area contributed by atoms with Gasteiger partial charge in [0.1, 0.15) is 17.3 Å². The van der Waals surface area contributed by atoms with Gasteiger partial charge in [0.2, 0.25) is 0 Å². The second-order valence-corrected chi connectivity index (χ2v) is 4.01. The lowest BCUT2D eigenvalue weighted by molar-refractivity contribution is 0.547. The molecule has 102 valence electrons. The first-order chi connectivity index (χ1) is 9.51. The number of nitrogens with one attached hydrogen (secondary N) is 1. The molecule has 0 spiro atoms. The second kappa shape index (κ2) is 5.61. The zero-order valence-electron chi connectivity index (χ0n) is 10.1. The fraction of sp³-hybridized carbons (Fsp3) is 0.0714. The van der Waals surface area contributed by atoms with E-state index in [2.05, 4.69) is 5.32 Å². The molecule has 0 aliphatic heterocycles. The highest BCUT2D eigenvalue weighted by Gasteiger charge is 2.12. The summed E-state index contributed by atoms with van der Waals surface area (Å²) in [5.41, 5.74) is -0.1000. The molecule has 0 unspecified atom stereocenters. The Morgan fingerprint density at radius 1 is 0.950 bits per heavy atom. The van der Waals surface area contributed by atoms with E-state index in [0.717, 1.165) is 12.1 Å². The highest BCUT2D eigenvalue weighted by atomic mass is 19.1. The van der Waals surface area contributed by atoms with Crippen molar-refractivity contribution in [2.45, 2.75) is 6.54 Å². The van der Waals surface area contributed by atoms with Gasteiger partial charge in [0.25, 0.3) is 0 Å². The molecule has 2 nitrogen and oxygen atoms in total. The van der Waals surface area contributed by atoms with E-state index < -0.39 is 29.0 Å². The molecule has 6 heteroatoms. The van der Waals surface area contributed by atoms with Gasteiger partial charge in [-0.2, -0.15) is 5.26 Å². The van der Waals surface area contributed by atoms with Gasteiger partial charge in [-0.3, -0.25) is 0 Å². The van der Waals surface area contributed by atoms with Crippen molar-refractivity contribution in [1.82, 2.24) is 0 Å². The van der Waals surface area contributed by atoms with E-state index in [-0.39, 0.29) is 17.7 Å². The first-order valence-corrected chi connectivity index (χ1v) is 5.58. The molecule has 0 bridgehead atoms. The van der Waals surface area contributed by atoms with Crippen LogP contribution < -0.4 is 5.32 Å². The summed E-state index contributed by atoms with van der Waals surface area (Å²) in [5, 5.41) is 11.2. The Balaban J connectivity index is 2.26. The predicted molar refractivity (Wildman–Crippen MR) is 64.8 cm³/mol. The van der Waals surface area contributed by atoms with Crippen molar-refractivity contribution in [2.75, 3.05) is 5.32 Å². The van der Waals surface area contributed by atoms with Gasteiger partial charge in [0, 0.05) is 18.7 Å². The van der Waals surface area contributed by atoms with E-state index in [1.807, 2.05) is 6.07 Å². The lowest BCUT2D eigenvalue weighted by Crippen LogP contribution is -2.06. The summed E-state index contributed by atoms with van der Waals surface area (Å²) in [6.45, 7) is -0.167. The normalized spacial score (nSPS) is 10.2. The molecule has 2 aromatic carbocycles. The quantitative estimate of drug-likeness (QED) is 0.870. The third-order valence-electron chi connectivity index (χ3n) is 2.65. The molecule has 0 saturated heterocycles. The maximum Gasteiger partial charge on any atom is 0.152 e. The molecule has 2 rings (SSSR count). The van der Waals surface area contributed by atoms with E-state index in [1.54, 1.807) is 0 Å². The fourth-order valence-electron chi connectivity index (χ4n) is 1.71. The molecule has 1 N–H and O–H groups in total. The van der Waals surface area contributed by atoms with Crippen LogP contribution in [0.15, 0.2) is 30.3 Å².